The van der Waals surface area contributed by atoms with Gasteiger partial charge in [-0.25, -0.2) is 4.39 Å². The number of benzene rings is 1. The second-order valence-corrected chi connectivity index (χ2v) is 4.17. The summed E-state index contributed by atoms with van der Waals surface area (Å²) in [5.41, 5.74) is 1.81. The van der Waals surface area contributed by atoms with Crippen LogP contribution in [0.1, 0.15) is 11.1 Å². The fourth-order valence-electron chi connectivity index (χ4n) is 1.63. The molecule has 0 saturated heterocycles. The van der Waals surface area contributed by atoms with Gasteiger partial charge in [0.05, 0.1) is 17.8 Å². The van der Waals surface area contributed by atoms with Crippen molar-refractivity contribution in [2.75, 3.05) is 7.05 Å². The van der Waals surface area contributed by atoms with Crippen LogP contribution in [0.25, 0.3) is 0 Å². The van der Waals surface area contributed by atoms with Gasteiger partial charge in [-0.05, 0) is 18.7 Å². The van der Waals surface area contributed by atoms with Crippen LogP contribution in [0.15, 0.2) is 30.6 Å². The Kier molecular flexibility index (Phi) is 3.76. The van der Waals surface area contributed by atoms with E-state index in [2.05, 4.69) is 10.4 Å². The molecule has 1 aromatic heterocycles. The summed E-state index contributed by atoms with van der Waals surface area (Å²) in [5, 5.41) is 7.40. The number of nitrogens with zero attached hydrogens (tertiary/aromatic N) is 2. The average Bonchev–Trinajstić information content (AvgIpc) is 2.73. The van der Waals surface area contributed by atoms with E-state index in [1.54, 1.807) is 23.0 Å². The quantitative estimate of drug-likeness (QED) is 0.907. The van der Waals surface area contributed by atoms with Crippen molar-refractivity contribution in [3.05, 3.63) is 52.6 Å². The summed E-state index contributed by atoms with van der Waals surface area (Å²) in [5.74, 6) is -0.397. The molecular formula is C12H13ClFN3. The Bertz CT molecular complexity index is 510. The summed E-state index contributed by atoms with van der Waals surface area (Å²) in [6.45, 7) is 1.23. The highest BCUT2D eigenvalue weighted by molar-refractivity contribution is 6.31. The van der Waals surface area contributed by atoms with Crippen molar-refractivity contribution in [1.29, 1.82) is 0 Å². The van der Waals surface area contributed by atoms with Crippen molar-refractivity contribution in [3.8, 4) is 0 Å². The predicted molar refractivity (Wildman–Crippen MR) is 65.5 cm³/mol. The smallest absolute Gasteiger partial charge is 0.142 e. The third-order valence-electron chi connectivity index (χ3n) is 2.43. The monoisotopic (exact) mass is 253 g/mol. The van der Waals surface area contributed by atoms with Crippen LogP contribution in [-0.2, 0) is 13.1 Å². The Morgan fingerprint density at radius 1 is 1.47 bits per heavy atom. The summed E-state index contributed by atoms with van der Waals surface area (Å²) in [7, 11) is 1.88. The van der Waals surface area contributed by atoms with E-state index < -0.39 is 5.82 Å². The van der Waals surface area contributed by atoms with Gasteiger partial charge >= 0.3 is 0 Å². The minimum absolute atomic E-state index is 0.165. The molecule has 0 radical (unpaired) electrons. The van der Waals surface area contributed by atoms with Crippen LogP contribution in [0.5, 0.6) is 0 Å². The lowest BCUT2D eigenvalue weighted by atomic mass is 10.2. The maximum Gasteiger partial charge on any atom is 0.142 e. The van der Waals surface area contributed by atoms with Gasteiger partial charge in [-0.3, -0.25) is 4.68 Å². The van der Waals surface area contributed by atoms with E-state index in [0.29, 0.717) is 6.54 Å². The van der Waals surface area contributed by atoms with E-state index in [-0.39, 0.29) is 5.02 Å². The van der Waals surface area contributed by atoms with E-state index in [4.69, 9.17) is 11.6 Å². The molecule has 3 nitrogen and oxygen atoms in total. The van der Waals surface area contributed by atoms with Crippen molar-refractivity contribution in [3.63, 3.8) is 0 Å². The van der Waals surface area contributed by atoms with Crippen LogP contribution in [0, 0.1) is 5.82 Å². The zero-order valence-electron chi connectivity index (χ0n) is 9.45. The molecule has 5 heteroatoms. The fourth-order valence-corrected chi connectivity index (χ4v) is 1.82. The highest BCUT2D eigenvalue weighted by Crippen LogP contribution is 2.20. The molecule has 2 rings (SSSR count). The first-order valence-corrected chi connectivity index (χ1v) is 5.67. The molecular weight excluding hydrogens is 241 g/mol. The first-order chi connectivity index (χ1) is 8.20. The van der Waals surface area contributed by atoms with E-state index in [9.17, 15) is 4.39 Å². The summed E-state index contributed by atoms with van der Waals surface area (Å²) < 4.78 is 15.0. The maximum atomic E-state index is 13.2. The lowest BCUT2D eigenvalue weighted by Gasteiger charge is -2.05. The van der Waals surface area contributed by atoms with Crippen LogP contribution in [0.4, 0.5) is 4.39 Å². The molecule has 0 fully saturated rings. The first kappa shape index (κ1) is 12.1. The molecule has 0 saturated carbocycles. The SMILES string of the molecule is CNCc1cnn(Cc2cccc(F)c2Cl)c1. The van der Waals surface area contributed by atoms with Gasteiger partial charge in [-0.1, -0.05) is 23.7 Å². The summed E-state index contributed by atoms with van der Waals surface area (Å²) in [6, 6.07) is 4.79. The molecule has 1 heterocycles. The lowest BCUT2D eigenvalue weighted by molar-refractivity contribution is 0.619. The Morgan fingerprint density at radius 2 is 2.29 bits per heavy atom. The van der Waals surface area contributed by atoms with Crippen LogP contribution < -0.4 is 5.32 Å². The maximum absolute atomic E-state index is 13.2. The number of halogens is 2. The highest BCUT2D eigenvalue weighted by Gasteiger charge is 2.06. The lowest BCUT2D eigenvalue weighted by Crippen LogP contribution is -2.04. The number of rotatable bonds is 4. The summed E-state index contributed by atoms with van der Waals surface area (Å²) in [6.07, 6.45) is 3.70. The molecule has 0 amide bonds. The second-order valence-electron chi connectivity index (χ2n) is 3.79. The van der Waals surface area contributed by atoms with Gasteiger partial charge < -0.3 is 5.32 Å². The molecule has 0 aliphatic heterocycles. The third-order valence-corrected chi connectivity index (χ3v) is 2.85. The molecule has 90 valence electrons. The minimum atomic E-state index is -0.397. The Labute approximate surface area is 104 Å². The first-order valence-electron chi connectivity index (χ1n) is 5.29. The summed E-state index contributed by atoms with van der Waals surface area (Å²) in [4.78, 5) is 0. The van der Waals surface area contributed by atoms with Crippen molar-refractivity contribution < 1.29 is 4.39 Å². The van der Waals surface area contributed by atoms with Gasteiger partial charge in [0, 0.05) is 18.3 Å². The molecule has 2 aromatic rings. The fraction of sp³-hybridized carbons (Fsp3) is 0.250. The second kappa shape index (κ2) is 5.29. The van der Waals surface area contributed by atoms with E-state index in [0.717, 1.165) is 17.7 Å². The van der Waals surface area contributed by atoms with Crippen LogP contribution in [0.2, 0.25) is 5.02 Å². The van der Waals surface area contributed by atoms with E-state index in [1.165, 1.54) is 6.07 Å². The van der Waals surface area contributed by atoms with Gasteiger partial charge in [0.15, 0.2) is 0 Å². The Hall–Kier alpha value is -1.39. The van der Waals surface area contributed by atoms with Crippen molar-refractivity contribution in [2.24, 2.45) is 0 Å². The molecule has 0 unspecified atom stereocenters. The van der Waals surface area contributed by atoms with Gasteiger partial charge in [-0.15, -0.1) is 0 Å². The predicted octanol–water partition coefficient (Wildman–Crippen LogP) is 2.44. The molecule has 17 heavy (non-hydrogen) atoms. The zero-order chi connectivity index (χ0) is 12.3. The molecule has 1 N–H and O–H groups in total. The topological polar surface area (TPSA) is 29.9 Å². The van der Waals surface area contributed by atoms with Crippen molar-refractivity contribution >= 4 is 11.6 Å². The highest BCUT2D eigenvalue weighted by atomic mass is 35.5. The number of aromatic nitrogens is 2. The zero-order valence-corrected chi connectivity index (χ0v) is 10.2. The normalized spacial score (nSPS) is 10.8. The van der Waals surface area contributed by atoms with Crippen LogP contribution in [-0.4, -0.2) is 16.8 Å². The molecule has 0 spiro atoms. The summed E-state index contributed by atoms with van der Waals surface area (Å²) >= 11 is 5.88. The average molecular weight is 254 g/mol. The minimum Gasteiger partial charge on any atom is -0.316 e. The Balaban J connectivity index is 2.16. The molecule has 0 bridgehead atoms. The van der Waals surface area contributed by atoms with Gasteiger partial charge in [0.1, 0.15) is 5.82 Å². The molecule has 0 atom stereocenters. The Morgan fingerprint density at radius 3 is 3.06 bits per heavy atom. The number of hydrogen-bond donors (Lipinski definition) is 1. The van der Waals surface area contributed by atoms with E-state index >= 15 is 0 Å². The van der Waals surface area contributed by atoms with Crippen LogP contribution >= 0.6 is 11.6 Å². The molecule has 0 aliphatic rings. The van der Waals surface area contributed by atoms with Crippen molar-refractivity contribution in [1.82, 2.24) is 15.1 Å². The molecule has 0 aliphatic carbocycles. The number of nitrogens with one attached hydrogen (secondary N) is 1. The van der Waals surface area contributed by atoms with Gasteiger partial charge in [0.25, 0.3) is 0 Å². The standard InChI is InChI=1S/C12H13ClFN3/c1-15-5-9-6-16-17(7-9)8-10-3-2-4-11(14)12(10)13/h2-4,6-7,15H,5,8H2,1H3. The van der Waals surface area contributed by atoms with Crippen LogP contribution in [0.3, 0.4) is 0 Å². The number of hydrogen-bond acceptors (Lipinski definition) is 2. The van der Waals surface area contributed by atoms with Gasteiger partial charge in [0.2, 0.25) is 0 Å². The van der Waals surface area contributed by atoms with Crippen molar-refractivity contribution in [2.45, 2.75) is 13.1 Å². The van der Waals surface area contributed by atoms with Gasteiger partial charge in [-0.2, -0.15) is 5.10 Å². The molecule has 1 aromatic carbocycles. The third kappa shape index (κ3) is 2.84. The largest absolute Gasteiger partial charge is 0.316 e. The van der Waals surface area contributed by atoms with E-state index in [1.807, 2.05) is 13.2 Å².